The SMILES string of the molecule is COC(=O)CCCOc1c(N)cc(Br)cc1C(C)=O. The van der Waals surface area contributed by atoms with Gasteiger partial charge in [0.15, 0.2) is 11.5 Å². The van der Waals surface area contributed by atoms with Crippen molar-refractivity contribution in [2.24, 2.45) is 0 Å². The molecule has 0 unspecified atom stereocenters. The van der Waals surface area contributed by atoms with E-state index in [0.29, 0.717) is 30.0 Å². The van der Waals surface area contributed by atoms with Gasteiger partial charge in [-0.15, -0.1) is 0 Å². The average molecular weight is 330 g/mol. The Morgan fingerprint density at radius 2 is 2.05 bits per heavy atom. The molecule has 19 heavy (non-hydrogen) atoms. The summed E-state index contributed by atoms with van der Waals surface area (Å²) in [4.78, 5) is 22.5. The summed E-state index contributed by atoms with van der Waals surface area (Å²) in [5.41, 5.74) is 6.64. The zero-order valence-electron chi connectivity index (χ0n) is 10.9. The first-order valence-electron chi connectivity index (χ1n) is 5.75. The summed E-state index contributed by atoms with van der Waals surface area (Å²) >= 11 is 3.28. The van der Waals surface area contributed by atoms with Crippen LogP contribution in [0.1, 0.15) is 30.1 Å². The topological polar surface area (TPSA) is 78.6 Å². The maximum Gasteiger partial charge on any atom is 0.305 e. The Balaban J connectivity index is 2.72. The fraction of sp³-hybridized carbons (Fsp3) is 0.385. The number of ether oxygens (including phenoxy) is 2. The second-order valence-corrected chi connectivity index (χ2v) is 4.87. The summed E-state index contributed by atoms with van der Waals surface area (Å²) in [5.74, 6) is -0.0595. The van der Waals surface area contributed by atoms with E-state index in [1.54, 1.807) is 12.1 Å². The van der Waals surface area contributed by atoms with Crippen LogP contribution >= 0.6 is 15.9 Å². The van der Waals surface area contributed by atoms with E-state index in [0.717, 1.165) is 4.47 Å². The molecule has 0 saturated carbocycles. The highest BCUT2D eigenvalue weighted by atomic mass is 79.9. The summed E-state index contributed by atoms with van der Waals surface area (Å²) in [5, 5.41) is 0. The Bertz CT molecular complexity index is 488. The molecule has 0 heterocycles. The highest BCUT2D eigenvalue weighted by Gasteiger charge is 2.13. The van der Waals surface area contributed by atoms with Gasteiger partial charge in [-0.25, -0.2) is 0 Å². The van der Waals surface area contributed by atoms with Gasteiger partial charge >= 0.3 is 5.97 Å². The van der Waals surface area contributed by atoms with E-state index in [1.165, 1.54) is 14.0 Å². The molecular weight excluding hydrogens is 314 g/mol. The fourth-order valence-corrected chi connectivity index (χ4v) is 2.01. The molecule has 104 valence electrons. The molecule has 0 fully saturated rings. The van der Waals surface area contributed by atoms with Gasteiger partial charge in [-0.05, 0) is 25.5 Å². The van der Waals surface area contributed by atoms with Gasteiger partial charge in [0.25, 0.3) is 0 Å². The monoisotopic (exact) mass is 329 g/mol. The molecular formula is C13H16BrNO4. The van der Waals surface area contributed by atoms with Crippen LogP contribution in [0.15, 0.2) is 16.6 Å². The number of rotatable bonds is 6. The number of hydrogen-bond donors (Lipinski definition) is 1. The molecule has 6 heteroatoms. The molecule has 0 bridgehead atoms. The van der Waals surface area contributed by atoms with Crippen LogP contribution in [0.3, 0.4) is 0 Å². The van der Waals surface area contributed by atoms with Crippen LogP contribution in [0.25, 0.3) is 0 Å². The quantitative estimate of drug-likeness (QED) is 0.375. The van der Waals surface area contributed by atoms with Crippen molar-refractivity contribution in [2.45, 2.75) is 19.8 Å². The highest BCUT2D eigenvalue weighted by Crippen LogP contribution is 2.31. The van der Waals surface area contributed by atoms with Crippen LogP contribution in [-0.4, -0.2) is 25.5 Å². The number of Topliss-reactive ketones (excluding diaryl/α,β-unsaturated/α-hetero) is 1. The molecule has 1 rings (SSSR count). The van der Waals surface area contributed by atoms with Gasteiger partial charge in [-0.2, -0.15) is 0 Å². The number of ketones is 1. The smallest absolute Gasteiger partial charge is 0.305 e. The lowest BCUT2D eigenvalue weighted by atomic mass is 10.1. The molecule has 0 aliphatic rings. The van der Waals surface area contributed by atoms with E-state index in [4.69, 9.17) is 10.5 Å². The molecule has 0 aliphatic carbocycles. The minimum Gasteiger partial charge on any atom is -0.491 e. The van der Waals surface area contributed by atoms with E-state index in [9.17, 15) is 9.59 Å². The number of nitrogens with two attached hydrogens (primary N) is 1. The van der Waals surface area contributed by atoms with E-state index in [2.05, 4.69) is 20.7 Å². The minimum absolute atomic E-state index is 0.129. The predicted octanol–water partition coefficient (Wildman–Crippen LogP) is 2.57. The van der Waals surface area contributed by atoms with E-state index in [1.807, 2.05) is 0 Å². The third-order valence-corrected chi connectivity index (χ3v) is 2.92. The molecule has 0 aliphatic heterocycles. The van der Waals surface area contributed by atoms with Crippen LogP contribution in [0.4, 0.5) is 5.69 Å². The number of carbonyl (C=O) groups excluding carboxylic acids is 2. The maximum atomic E-state index is 11.5. The molecule has 0 atom stereocenters. The second kappa shape index (κ2) is 7.13. The summed E-state index contributed by atoms with van der Waals surface area (Å²) in [6, 6.07) is 3.33. The summed E-state index contributed by atoms with van der Waals surface area (Å²) in [7, 11) is 1.34. The Hall–Kier alpha value is -1.56. The van der Waals surface area contributed by atoms with Crippen molar-refractivity contribution in [3.8, 4) is 5.75 Å². The molecule has 0 radical (unpaired) electrons. The van der Waals surface area contributed by atoms with Gasteiger partial charge in [0.1, 0.15) is 0 Å². The standard InChI is InChI=1S/C13H16BrNO4/c1-8(16)10-6-9(14)7-11(15)13(10)19-5-3-4-12(17)18-2/h6-7H,3-5,15H2,1-2H3. The Kier molecular flexibility index (Phi) is 5.82. The Morgan fingerprint density at radius 3 is 2.63 bits per heavy atom. The third kappa shape index (κ3) is 4.55. The Labute approximate surface area is 120 Å². The largest absolute Gasteiger partial charge is 0.491 e. The molecule has 5 nitrogen and oxygen atoms in total. The molecule has 0 aromatic heterocycles. The molecule has 2 N–H and O–H groups in total. The molecule has 0 amide bonds. The summed E-state index contributed by atoms with van der Waals surface area (Å²) in [6.45, 7) is 1.74. The van der Waals surface area contributed by atoms with Crippen molar-refractivity contribution in [3.63, 3.8) is 0 Å². The lowest BCUT2D eigenvalue weighted by Crippen LogP contribution is -2.08. The van der Waals surface area contributed by atoms with Crippen molar-refractivity contribution < 1.29 is 19.1 Å². The van der Waals surface area contributed by atoms with Crippen LogP contribution in [0.2, 0.25) is 0 Å². The van der Waals surface area contributed by atoms with Gasteiger partial charge in [0.2, 0.25) is 0 Å². The summed E-state index contributed by atoms with van der Waals surface area (Å²) < 4.78 is 10.7. The van der Waals surface area contributed by atoms with Crippen LogP contribution in [0, 0.1) is 0 Å². The number of methoxy groups -OCH3 is 1. The van der Waals surface area contributed by atoms with Gasteiger partial charge < -0.3 is 15.2 Å². The summed E-state index contributed by atoms with van der Waals surface area (Å²) in [6.07, 6.45) is 0.766. The maximum absolute atomic E-state index is 11.5. The first-order valence-corrected chi connectivity index (χ1v) is 6.54. The van der Waals surface area contributed by atoms with Crippen LogP contribution in [0.5, 0.6) is 5.75 Å². The van der Waals surface area contributed by atoms with Crippen molar-refractivity contribution in [2.75, 3.05) is 19.5 Å². The number of esters is 1. The van der Waals surface area contributed by atoms with E-state index < -0.39 is 0 Å². The van der Waals surface area contributed by atoms with Crippen molar-refractivity contribution in [1.82, 2.24) is 0 Å². The minimum atomic E-state index is -0.292. The lowest BCUT2D eigenvalue weighted by Gasteiger charge is -2.12. The number of hydrogen-bond acceptors (Lipinski definition) is 5. The zero-order chi connectivity index (χ0) is 14.4. The highest BCUT2D eigenvalue weighted by molar-refractivity contribution is 9.10. The lowest BCUT2D eigenvalue weighted by molar-refractivity contribution is -0.140. The van der Waals surface area contributed by atoms with Crippen LogP contribution in [-0.2, 0) is 9.53 Å². The zero-order valence-corrected chi connectivity index (χ0v) is 12.5. The van der Waals surface area contributed by atoms with E-state index >= 15 is 0 Å². The number of nitrogen functional groups attached to an aromatic ring is 1. The first-order chi connectivity index (χ1) is 8.95. The van der Waals surface area contributed by atoms with Gasteiger partial charge in [0.05, 0.1) is 25.0 Å². The van der Waals surface area contributed by atoms with Crippen molar-refractivity contribution >= 4 is 33.4 Å². The molecule has 1 aromatic carbocycles. The number of anilines is 1. The molecule has 0 saturated heterocycles. The van der Waals surface area contributed by atoms with Crippen molar-refractivity contribution in [1.29, 1.82) is 0 Å². The number of carbonyl (C=O) groups is 2. The average Bonchev–Trinajstić information content (AvgIpc) is 2.35. The molecule has 0 spiro atoms. The number of halogens is 1. The predicted molar refractivity (Wildman–Crippen MR) is 75.3 cm³/mol. The normalized spacial score (nSPS) is 10.1. The second-order valence-electron chi connectivity index (χ2n) is 3.96. The van der Waals surface area contributed by atoms with E-state index in [-0.39, 0.29) is 18.2 Å². The van der Waals surface area contributed by atoms with Gasteiger partial charge in [-0.3, -0.25) is 9.59 Å². The number of benzene rings is 1. The Morgan fingerprint density at radius 1 is 1.37 bits per heavy atom. The van der Waals surface area contributed by atoms with Crippen molar-refractivity contribution in [3.05, 3.63) is 22.2 Å². The first kappa shape index (κ1) is 15.5. The van der Waals surface area contributed by atoms with Crippen LogP contribution < -0.4 is 10.5 Å². The third-order valence-electron chi connectivity index (χ3n) is 2.46. The van der Waals surface area contributed by atoms with Gasteiger partial charge in [0, 0.05) is 10.9 Å². The fourth-order valence-electron chi connectivity index (χ4n) is 1.53. The van der Waals surface area contributed by atoms with Gasteiger partial charge in [-0.1, -0.05) is 15.9 Å². The molecule has 1 aromatic rings.